The van der Waals surface area contributed by atoms with Gasteiger partial charge >= 0.3 is 0 Å². The molecule has 0 radical (unpaired) electrons. The first-order valence-electron chi connectivity index (χ1n) is 5.64. The van der Waals surface area contributed by atoms with Gasteiger partial charge in [0, 0.05) is 5.69 Å². The zero-order valence-electron chi connectivity index (χ0n) is 9.72. The first-order chi connectivity index (χ1) is 8.47. The van der Waals surface area contributed by atoms with Crippen molar-refractivity contribution in [2.75, 3.05) is 11.9 Å². The monoisotopic (exact) mass is 269 g/mol. The van der Waals surface area contributed by atoms with Gasteiger partial charge in [0.05, 0.1) is 10.9 Å². The maximum absolute atomic E-state index is 11.8. The van der Waals surface area contributed by atoms with Crippen LogP contribution in [0.25, 0.3) is 0 Å². The van der Waals surface area contributed by atoms with Crippen LogP contribution in [-0.4, -0.2) is 26.9 Å². The molecule has 1 aromatic rings. The van der Waals surface area contributed by atoms with Gasteiger partial charge in [0.1, 0.15) is 0 Å². The Balaban J connectivity index is 2.04. The first-order valence-corrected chi connectivity index (χ1v) is 7.18. The minimum absolute atomic E-state index is 0.0273. The molecule has 1 amide bonds. The number of benzene rings is 1. The molecule has 1 fully saturated rings. The van der Waals surface area contributed by atoms with Crippen LogP contribution in [0.5, 0.6) is 0 Å². The Morgan fingerprint density at radius 1 is 1.33 bits per heavy atom. The van der Waals surface area contributed by atoms with E-state index in [2.05, 4.69) is 10.6 Å². The lowest BCUT2D eigenvalue weighted by atomic mass is 10.2. The van der Waals surface area contributed by atoms with Crippen molar-refractivity contribution in [3.8, 4) is 0 Å². The number of nitrogens with two attached hydrogens (primary N) is 1. The second kappa shape index (κ2) is 5.05. The summed E-state index contributed by atoms with van der Waals surface area (Å²) in [5, 5.41) is 10.8. The highest BCUT2D eigenvalue weighted by atomic mass is 32.2. The Morgan fingerprint density at radius 3 is 2.50 bits per heavy atom. The summed E-state index contributed by atoms with van der Waals surface area (Å²) >= 11 is 0. The summed E-state index contributed by atoms with van der Waals surface area (Å²) in [6.45, 7) is 0.850. The molecule has 0 unspecified atom stereocenters. The minimum atomic E-state index is -3.69. The smallest absolute Gasteiger partial charge is 0.241 e. The Hall–Kier alpha value is -1.44. The third-order valence-corrected chi connectivity index (χ3v) is 3.76. The first kappa shape index (κ1) is 13.0. The summed E-state index contributed by atoms with van der Waals surface area (Å²) in [5.41, 5.74) is 0.557. The van der Waals surface area contributed by atoms with E-state index in [0.717, 1.165) is 19.4 Å². The molecule has 1 aliphatic heterocycles. The molecular weight excluding hydrogens is 254 g/mol. The molecule has 0 spiro atoms. The van der Waals surface area contributed by atoms with Crippen LogP contribution in [0.1, 0.15) is 12.8 Å². The van der Waals surface area contributed by atoms with Gasteiger partial charge in [-0.2, -0.15) is 0 Å². The summed E-state index contributed by atoms with van der Waals surface area (Å²) in [6.07, 6.45) is 1.81. The second-order valence-electron chi connectivity index (χ2n) is 4.21. The lowest BCUT2D eigenvalue weighted by Crippen LogP contribution is -2.35. The van der Waals surface area contributed by atoms with Crippen molar-refractivity contribution in [2.45, 2.75) is 23.8 Å². The van der Waals surface area contributed by atoms with Crippen LogP contribution >= 0.6 is 0 Å². The Bertz CT molecular complexity index is 533. The summed E-state index contributed by atoms with van der Waals surface area (Å²) in [6, 6.07) is 5.61. The van der Waals surface area contributed by atoms with Crippen LogP contribution in [0.3, 0.4) is 0 Å². The molecule has 18 heavy (non-hydrogen) atoms. The maximum atomic E-state index is 11.8. The summed E-state index contributed by atoms with van der Waals surface area (Å²) in [7, 11) is -3.69. The molecule has 6 nitrogen and oxygen atoms in total. The standard InChI is InChI=1S/C11H15N3O3S/c12-18(16,17)9-5-3-8(4-6-9)14-11(15)10-2-1-7-13-10/h3-6,10,13H,1-2,7H2,(H,14,15)(H2,12,16,17)/t10-/m0/s1. The van der Waals surface area contributed by atoms with E-state index in [1.807, 2.05) is 0 Å². The van der Waals surface area contributed by atoms with Gasteiger partial charge in [-0.3, -0.25) is 4.79 Å². The van der Waals surface area contributed by atoms with Gasteiger partial charge in [-0.15, -0.1) is 0 Å². The van der Waals surface area contributed by atoms with Gasteiger partial charge in [0.15, 0.2) is 0 Å². The second-order valence-corrected chi connectivity index (χ2v) is 5.77. The molecular formula is C11H15N3O3S. The van der Waals surface area contributed by atoms with Crippen molar-refractivity contribution in [3.05, 3.63) is 24.3 Å². The number of carbonyl (C=O) groups excluding carboxylic acids is 1. The summed E-state index contributed by atoms with van der Waals surface area (Å²) in [4.78, 5) is 11.8. The fourth-order valence-electron chi connectivity index (χ4n) is 1.87. The zero-order valence-corrected chi connectivity index (χ0v) is 10.5. The number of sulfonamides is 1. The molecule has 0 aromatic heterocycles. The average molecular weight is 269 g/mol. The molecule has 1 heterocycles. The Morgan fingerprint density at radius 2 is 2.00 bits per heavy atom. The Labute approximate surface area is 106 Å². The SMILES string of the molecule is NS(=O)(=O)c1ccc(NC(=O)[C@@H]2CCCN2)cc1. The van der Waals surface area contributed by atoms with Crippen LogP contribution in [0, 0.1) is 0 Å². The molecule has 1 saturated heterocycles. The molecule has 0 saturated carbocycles. The number of carbonyl (C=O) groups is 1. The van der Waals surface area contributed by atoms with E-state index in [0.29, 0.717) is 5.69 Å². The number of primary sulfonamides is 1. The molecule has 1 atom stereocenters. The average Bonchev–Trinajstić information content (AvgIpc) is 2.82. The van der Waals surface area contributed by atoms with E-state index in [-0.39, 0.29) is 16.8 Å². The van der Waals surface area contributed by atoms with Crippen molar-refractivity contribution in [1.29, 1.82) is 0 Å². The fraction of sp³-hybridized carbons (Fsp3) is 0.364. The molecule has 0 aliphatic carbocycles. The van der Waals surface area contributed by atoms with Crippen molar-refractivity contribution in [2.24, 2.45) is 5.14 Å². The maximum Gasteiger partial charge on any atom is 0.241 e. The van der Waals surface area contributed by atoms with E-state index >= 15 is 0 Å². The van der Waals surface area contributed by atoms with Crippen LogP contribution in [0.4, 0.5) is 5.69 Å². The van der Waals surface area contributed by atoms with Gasteiger partial charge in [0.25, 0.3) is 0 Å². The highest BCUT2D eigenvalue weighted by Gasteiger charge is 2.21. The van der Waals surface area contributed by atoms with Gasteiger partial charge in [-0.05, 0) is 43.7 Å². The molecule has 4 N–H and O–H groups in total. The number of nitrogens with one attached hydrogen (secondary N) is 2. The summed E-state index contributed by atoms with van der Waals surface area (Å²) < 4.78 is 22.1. The predicted octanol–water partition coefficient (Wildman–Crippen LogP) is 0.0245. The van der Waals surface area contributed by atoms with E-state index in [1.165, 1.54) is 24.3 Å². The number of hydrogen-bond donors (Lipinski definition) is 3. The molecule has 98 valence electrons. The van der Waals surface area contributed by atoms with E-state index in [1.54, 1.807) is 0 Å². The van der Waals surface area contributed by atoms with Gasteiger partial charge < -0.3 is 10.6 Å². The molecule has 0 bridgehead atoms. The minimum Gasteiger partial charge on any atom is -0.325 e. The lowest BCUT2D eigenvalue weighted by molar-refractivity contribution is -0.117. The van der Waals surface area contributed by atoms with Crippen LogP contribution in [0.15, 0.2) is 29.2 Å². The van der Waals surface area contributed by atoms with Crippen molar-refractivity contribution >= 4 is 21.6 Å². The summed E-state index contributed by atoms with van der Waals surface area (Å²) in [5.74, 6) is -0.101. The molecule has 7 heteroatoms. The van der Waals surface area contributed by atoms with Crippen molar-refractivity contribution in [1.82, 2.24) is 5.32 Å². The number of amides is 1. The lowest BCUT2D eigenvalue weighted by Gasteiger charge is -2.11. The van der Waals surface area contributed by atoms with E-state index < -0.39 is 10.0 Å². The van der Waals surface area contributed by atoms with E-state index in [9.17, 15) is 13.2 Å². The predicted molar refractivity (Wildman–Crippen MR) is 67.5 cm³/mol. The third-order valence-electron chi connectivity index (χ3n) is 2.83. The quantitative estimate of drug-likeness (QED) is 0.720. The van der Waals surface area contributed by atoms with E-state index in [4.69, 9.17) is 5.14 Å². The van der Waals surface area contributed by atoms with Gasteiger partial charge in [0.2, 0.25) is 15.9 Å². The number of hydrogen-bond acceptors (Lipinski definition) is 4. The van der Waals surface area contributed by atoms with Crippen LogP contribution < -0.4 is 15.8 Å². The highest BCUT2D eigenvalue weighted by molar-refractivity contribution is 7.89. The highest BCUT2D eigenvalue weighted by Crippen LogP contribution is 2.14. The Kier molecular flexibility index (Phi) is 3.65. The number of anilines is 1. The van der Waals surface area contributed by atoms with Crippen molar-refractivity contribution in [3.63, 3.8) is 0 Å². The zero-order chi connectivity index (χ0) is 13.2. The van der Waals surface area contributed by atoms with Gasteiger partial charge in [-0.1, -0.05) is 0 Å². The van der Waals surface area contributed by atoms with Crippen molar-refractivity contribution < 1.29 is 13.2 Å². The normalized spacial score (nSPS) is 19.7. The largest absolute Gasteiger partial charge is 0.325 e. The van der Waals surface area contributed by atoms with Gasteiger partial charge in [-0.25, -0.2) is 13.6 Å². The third kappa shape index (κ3) is 3.06. The molecule has 1 aromatic carbocycles. The fourth-order valence-corrected chi connectivity index (χ4v) is 2.38. The topological polar surface area (TPSA) is 101 Å². The molecule has 1 aliphatic rings. The number of rotatable bonds is 3. The van der Waals surface area contributed by atoms with Crippen LogP contribution in [-0.2, 0) is 14.8 Å². The molecule has 2 rings (SSSR count). The van der Waals surface area contributed by atoms with Crippen LogP contribution in [0.2, 0.25) is 0 Å².